The van der Waals surface area contributed by atoms with E-state index >= 15 is 0 Å². The maximum atomic E-state index is 12.5. The van der Waals surface area contributed by atoms with Crippen molar-refractivity contribution in [2.24, 2.45) is 0 Å². The minimum atomic E-state index is -0.844. The number of hydrogen-bond donors (Lipinski definition) is 3. The smallest absolute Gasteiger partial charge is 0.305 e. The first-order valence-corrected chi connectivity index (χ1v) is 34.6. The van der Waals surface area contributed by atoms with E-state index in [1.165, 1.54) is 315 Å². The molecule has 6 heteroatoms. The third-order valence-corrected chi connectivity index (χ3v) is 16.2. The molecule has 0 bridgehead atoms. The summed E-state index contributed by atoms with van der Waals surface area (Å²) in [5.41, 5.74) is 0. The molecule has 0 rings (SSSR count). The van der Waals surface area contributed by atoms with Gasteiger partial charge < -0.3 is 20.3 Å². The molecule has 0 aliphatic heterocycles. The fraction of sp³-hybridized carbons (Fsp3) is 0.914. The number of carbonyl (C=O) groups is 2. The molecule has 0 aromatic carbocycles. The van der Waals surface area contributed by atoms with Crippen molar-refractivity contribution in [2.45, 2.75) is 398 Å². The highest BCUT2D eigenvalue weighted by atomic mass is 16.5. The molecular weight excluding hydrogens is 935 g/mol. The van der Waals surface area contributed by atoms with Gasteiger partial charge in [-0.3, -0.25) is 9.59 Å². The highest BCUT2D eigenvalue weighted by Gasteiger charge is 2.18. The molecule has 2 atom stereocenters. The standard InChI is InChI=1S/C70H135NO5/c1-3-5-7-9-11-13-15-16-17-18-19-20-24-27-30-33-36-39-43-46-50-54-58-62-68(73)67(66-72)71-69(74)63-59-55-51-47-44-40-37-34-31-28-25-22-21-23-26-29-32-35-38-41-45-49-53-57-61-65-76-70(75)64-60-56-52-48-42-14-12-10-8-6-4-2/h10,12,58,62,67-68,72-73H,3-9,11,13-57,59-61,63-66H2,1-2H3,(H,71,74)/b12-10-,62-58+. The zero-order valence-electron chi connectivity index (χ0n) is 51.5. The van der Waals surface area contributed by atoms with E-state index in [4.69, 9.17) is 4.74 Å². The highest BCUT2D eigenvalue weighted by molar-refractivity contribution is 5.76. The van der Waals surface area contributed by atoms with Crippen LogP contribution in [0.15, 0.2) is 24.3 Å². The lowest BCUT2D eigenvalue weighted by molar-refractivity contribution is -0.143. The van der Waals surface area contributed by atoms with Crippen LogP contribution in [0.4, 0.5) is 0 Å². The van der Waals surface area contributed by atoms with Crippen molar-refractivity contribution >= 4 is 11.9 Å². The Morgan fingerprint density at radius 2 is 0.632 bits per heavy atom. The van der Waals surface area contributed by atoms with E-state index in [1.54, 1.807) is 6.08 Å². The lowest BCUT2D eigenvalue weighted by Gasteiger charge is -2.20. The summed E-state index contributed by atoms with van der Waals surface area (Å²) in [5.74, 6) is -0.0566. The number of rotatable bonds is 65. The highest BCUT2D eigenvalue weighted by Crippen LogP contribution is 2.19. The summed E-state index contributed by atoms with van der Waals surface area (Å²) in [4.78, 5) is 24.5. The van der Waals surface area contributed by atoms with Gasteiger partial charge in [0.2, 0.25) is 5.91 Å². The maximum absolute atomic E-state index is 12.5. The molecule has 0 heterocycles. The maximum Gasteiger partial charge on any atom is 0.305 e. The van der Waals surface area contributed by atoms with Crippen LogP contribution in [-0.4, -0.2) is 47.4 Å². The van der Waals surface area contributed by atoms with Crippen LogP contribution in [-0.2, 0) is 14.3 Å². The topological polar surface area (TPSA) is 95.9 Å². The third-order valence-electron chi connectivity index (χ3n) is 16.2. The largest absolute Gasteiger partial charge is 0.466 e. The van der Waals surface area contributed by atoms with Gasteiger partial charge in [-0.05, 0) is 51.4 Å². The molecule has 0 spiro atoms. The predicted octanol–water partition coefficient (Wildman–Crippen LogP) is 22.1. The van der Waals surface area contributed by atoms with E-state index < -0.39 is 12.1 Å². The average Bonchev–Trinajstić information content (AvgIpc) is 3.42. The molecule has 3 N–H and O–H groups in total. The van der Waals surface area contributed by atoms with E-state index in [0.29, 0.717) is 19.4 Å². The van der Waals surface area contributed by atoms with Crippen molar-refractivity contribution in [1.29, 1.82) is 0 Å². The molecule has 0 aromatic rings. The van der Waals surface area contributed by atoms with Crippen molar-refractivity contribution in [1.82, 2.24) is 5.32 Å². The number of amides is 1. The average molecular weight is 1070 g/mol. The molecule has 0 saturated heterocycles. The van der Waals surface area contributed by atoms with Crippen LogP contribution in [0.3, 0.4) is 0 Å². The SMILES string of the molecule is CCCC/C=C\CCCCCCCC(=O)OCCCCCCCCCCCCCCCCCCCCCCCCCCCC(=O)NC(CO)C(O)/C=C/CCCCCCCCCCCCCCCCCCCCCCC. The fourth-order valence-corrected chi connectivity index (χ4v) is 10.9. The molecule has 0 aromatic heterocycles. The summed E-state index contributed by atoms with van der Waals surface area (Å²) < 4.78 is 5.47. The van der Waals surface area contributed by atoms with Gasteiger partial charge in [0, 0.05) is 12.8 Å². The van der Waals surface area contributed by atoms with Gasteiger partial charge in [-0.25, -0.2) is 0 Å². The summed E-state index contributed by atoms with van der Waals surface area (Å²) in [6.45, 7) is 4.90. The van der Waals surface area contributed by atoms with Crippen LogP contribution in [0.2, 0.25) is 0 Å². The van der Waals surface area contributed by atoms with Crippen LogP contribution in [0.1, 0.15) is 386 Å². The molecule has 0 radical (unpaired) electrons. The molecular formula is C70H135NO5. The van der Waals surface area contributed by atoms with Crippen molar-refractivity contribution < 1.29 is 24.5 Å². The molecule has 2 unspecified atom stereocenters. The van der Waals surface area contributed by atoms with Gasteiger partial charge in [0.25, 0.3) is 0 Å². The number of ether oxygens (including phenoxy) is 1. The molecule has 0 saturated carbocycles. The van der Waals surface area contributed by atoms with E-state index in [9.17, 15) is 19.8 Å². The Morgan fingerprint density at radius 3 is 0.974 bits per heavy atom. The molecule has 76 heavy (non-hydrogen) atoms. The van der Waals surface area contributed by atoms with Crippen LogP contribution < -0.4 is 5.32 Å². The van der Waals surface area contributed by atoms with Crippen LogP contribution >= 0.6 is 0 Å². The first-order valence-electron chi connectivity index (χ1n) is 34.6. The number of esters is 1. The minimum Gasteiger partial charge on any atom is -0.466 e. The number of aliphatic hydroxyl groups is 2. The fourth-order valence-electron chi connectivity index (χ4n) is 10.9. The Morgan fingerprint density at radius 1 is 0.355 bits per heavy atom. The van der Waals surface area contributed by atoms with Crippen molar-refractivity contribution in [3.63, 3.8) is 0 Å². The van der Waals surface area contributed by atoms with Crippen molar-refractivity contribution in [2.75, 3.05) is 13.2 Å². The number of unbranched alkanes of at least 4 members (excludes halogenated alkanes) is 52. The number of allylic oxidation sites excluding steroid dienone is 3. The Kier molecular flexibility index (Phi) is 64.4. The monoisotopic (exact) mass is 1070 g/mol. The molecule has 0 aliphatic rings. The second kappa shape index (κ2) is 65.9. The first kappa shape index (κ1) is 74.3. The van der Waals surface area contributed by atoms with E-state index in [1.807, 2.05) is 6.08 Å². The van der Waals surface area contributed by atoms with E-state index in [-0.39, 0.29) is 18.5 Å². The Bertz CT molecular complexity index is 1190. The lowest BCUT2D eigenvalue weighted by Crippen LogP contribution is -2.45. The van der Waals surface area contributed by atoms with Gasteiger partial charge in [-0.1, -0.05) is 346 Å². The second-order valence-electron chi connectivity index (χ2n) is 23.9. The van der Waals surface area contributed by atoms with Crippen molar-refractivity contribution in [3.05, 3.63) is 24.3 Å². The van der Waals surface area contributed by atoms with Gasteiger partial charge in [-0.2, -0.15) is 0 Å². The summed E-state index contributed by atoms with van der Waals surface area (Å²) in [6.07, 6.45) is 82.5. The number of nitrogens with one attached hydrogen (secondary N) is 1. The molecule has 1 amide bonds. The second-order valence-corrected chi connectivity index (χ2v) is 23.9. The minimum absolute atomic E-state index is 0.00546. The Labute approximate surface area is 475 Å². The lowest BCUT2D eigenvalue weighted by atomic mass is 10.0. The zero-order chi connectivity index (χ0) is 55.0. The molecule has 6 nitrogen and oxygen atoms in total. The van der Waals surface area contributed by atoms with Gasteiger partial charge in [0.1, 0.15) is 0 Å². The van der Waals surface area contributed by atoms with Gasteiger partial charge in [-0.15, -0.1) is 0 Å². The number of carbonyl (C=O) groups excluding carboxylic acids is 2. The van der Waals surface area contributed by atoms with Crippen LogP contribution in [0.5, 0.6) is 0 Å². The number of hydrogen-bond acceptors (Lipinski definition) is 5. The summed E-state index contributed by atoms with van der Waals surface area (Å²) in [6, 6.07) is -0.627. The summed E-state index contributed by atoms with van der Waals surface area (Å²) >= 11 is 0. The summed E-state index contributed by atoms with van der Waals surface area (Å²) in [7, 11) is 0. The van der Waals surface area contributed by atoms with Gasteiger partial charge >= 0.3 is 5.97 Å². The quantitative estimate of drug-likeness (QED) is 0.0320. The first-order chi connectivity index (χ1) is 37.5. The van der Waals surface area contributed by atoms with Crippen LogP contribution in [0, 0.1) is 0 Å². The van der Waals surface area contributed by atoms with Crippen molar-refractivity contribution in [3.8, 4) is 0 Å². The zero-order valence-corrected chi connectivity index (χ0v) is 51.5. The van der Waals surface area contributed by atoms with Gasteiger partial charge in [0.15, 0.2) is 0 Å². The molecule has 0 fully saturated rings. The molecule has 0 aliphatic carbocycles. The van der Waals surface area contributed by atoms with E-state index in [2.05, 4.69) is 31.3 Å². The summed E-state index contributed by atoms with van der Waals surface area (Å²) in [5, 5.41) is 23.3. The predicted molar refractivity (Wildman–Crippen MR) is 333 cm³/mol. The Hall–Kier alpha value is -1.66. The van der Waals surface area contributed by atoms with Gasteiger partial charge in [0.05, 0.1) is 25.4 Å². The number of aliphatic hydroxyl groups excluding tert-OH is 2. The Balaban J connectivity index is 3.40. The molecule has 450 valence electrons. The third kappa shape index (κ3) is 61.6. The normalized spacial score (nSPS) is 12.6. The van der Waals surface area contributed by atoms with E-state index in [0.717, 1.165) is 44.9 Å². The van der Waals surface area contributed by atoms with Crippen LogP contribution in [0.25, 0.3) is 0 Å².